The molecule has 0 aromatic carbocycles. The van der Waals surface area contributed by atoms with Gasteiger partial charge in [-0.15, -0.1) is 11.8 Å². The number of carbonyl (C=O) groups excluding carboxylic acids is 4. The Hall–Kier alpha value is -2.44. The lowest BCUT2D eigenvalue weighted by molar-refractivity contribution is -0.158. The molecule has 0 aromatic heterocycles. The van der Waals surface area contributed by atoms with E-state index >= 15 is 0 Å². The molecule has 3 heterocycles. The first kappa shape index (κ1) is 26.2. The molecule has 2 saturated heterocycles. The van der Waals surface area contributed by atoms with Crippen molar-refractivity contribution in [3.63, 3.8) is 0 Å². The number of hydrogen-bond acceptors (Lipinski definition) is 8. The van der Waals surface area contributed by atoms with Crippen LogP contribution in [0.15, 0.2) is 10.6 Å². The van der Waals surface area contributed by atoms with Crippen molar-refractivity contribution < 1.29 is 29.1 Å². The van der Waals surface area contributed by atoms with E-state index in [9.17, 15) is 29.1 Å². The average Bonchev–Trinajstić information content (AvgIpc) is 3.29. The second-order valence-electron chi connectivity index (χ2n) is 9.36. The highest BCUT2D eigenvalue weighted by Gasteiger charge is 2.60. The van der Waals surface area contributed by atoms with Crippen LogP contribution in [-0.4, -0.2) is 101 Å². The van der Waals surface area contributed by atoms with Crippen molar-refractivity contribution in [1.82, 2.24) is 25.8 Å². The van der Waals surface area contributed by atoms with Crippen molar-refractivity contribution in [2.75, 3.05) is 33.7 Å². The minimum absolute atomic E-state index is 0.00721. The van der Waals surface area contributed by atoms with E-state index in [0.717, 1.165) is 0 Å². The first-order valence-corrected chi connectivity index (χ1v) is 12.2. The molecule has 0 saturated carbocycles. The average molecular weight is 496 g/mol. The highest BCUT2D eigenvalue weighted by atomic mass is 32.2. The smallest absolute Gasteiger partial charge is 0.353 e. The molecule has 0 aliphatic carbocycles. The van der Waals surface area contributed by atoms with Gasteiger partial charge in [-0.05, 0) is 20.3 Å². The van der Waals surface area contributed by atoms with Crippen molar-refractivity contribution in [3.8, 4) is 0 Å². The van der Waals surface area contributed by atoms with Gasteiger partial charge >= 0.3 is 5.97 Å². The molecule has 188 valence electrons. The predicted octanol–water partition coefficient (Wildman–Crippen LogP) is -1.01. The Bertz CT molecular complexity index is 921. The van der Waals surface area contributed by atoms with Crippen molar-refractivity contribution >= 4 is 41.2 Å². The van der Waals surface area contributed by atoms with Gasteiger partial charge in [-0.25, -0.2) is 4.79 Å². The van der Waals surface area contributed by atoms with Gasteiger partial charge < -0.3 is 30.9 Å². The summed E-state index contributed by atoms with van der Waals surface area (Å²) >= 11 is 1.43. The zero-order valence-corrected chi connectivity index (χ0v) is 20.9. The molecule has 3 amide bonds. The van der Waals surface area contributed by atoms with E-state index in [1.165, 1.54) is 28.5 Å². The lowest BCUT2D eigenvalue weighted by atomic mass is 9.78. The summed E-state index contributed by atoms with van der Waals surface area (Å²) in [4.78, 5) is 64.1. The molecule has 0 spiro atoms. The summed E-state index contributed by atoms with van der Waals surface area (Å²) in [6, 6.07) is -1.15. The molecule has 12 heteroatoms. The van der Waals surface area contributed by atoms with Gasteiger partial charge in [0, 0.05) is 42.8 Å². The number of Topliss-reactive ketones (excluding diaryl/α,β-unsaturated/α-hetero) is 1. The molecule has 11 nitrogen and oxygen atoms in total. The van der Waals surface area contributed by atoms with Crippen LogP contribution in [0.1, 0.15) is 27.2 Å². The molecule has 0 radical (unpaired) electrons. The van der Waals surface area contributed by atoms with Gasteiger partial charge in [0.1, 0.15) is 11.5 Å². The van der Waals surface area contributed by atoms with Gasteiger partial charge in [0.05, 0.1) is 31.1 Å². The number of nitrogens with zero attached hydrogens (tertiary/aromatic N) is 2. The van der Waals surface area contributed by atoms with E-state index in [2.05, 4.69) is 16.0 Å². The summed E-state index contributed by atoms with van der Waals surface area (Å²) in [6.07, 6.45) is 0.576. The second-order valence-corrected chi connectivity index (χ2v) is 10.7. The number of carbonyl (C=O) groups is 5. The van der Waals surface area contributed by atoms with Crippen molar-refractivity contribution in [1.29, 1.82) is 0 Å². The molecule has 0 bridgehead atoms. The number of carboxylic acid groups (broad SMARTS) is 1. The predicted molar refractivity (Wildman–Crippen MR) is 126 cm³/mol. The highest BCUT2D eigenvalue weighted by molar-refractivity contribution is 8.03. The number of ketones is 1. The van der Waals surface area contributed by atoms with Crippen LogP contribution in [0.5, 0.6) is 0 Å². The largest absolute Gasteiger partial charge is 0.477 e. The van der Waals surface area contributed by atoms with Crippen LogP contribution in [0.25, 0.3) is 0 Å². The summed E-state index contributed by atoms with van der Waals surface area (Å²) in [7, 11) is 3.40. The normalized spacial score (nSPS) is 28.9. The third kappa shape index (κ3) is 5.13. The van der Waals surface area contributed by atoms with Crippen LogP contribution >= 0.6 is 11.8 Å². The number of hydrogen-bond donors (Lipinski definition) is 4. The molecule has 4 N–H and O–H groups in total. The van der Waals surface area contributed by atoms with Gasteiger partial charge in [0.2, 0.25) is 17.7 Å². The van der Waals surface area contributed by atoms with Gasteiger partial charge in [-0.1, -0.05) is 6.92 Å². The number of β-lactam (4-membered cyclic amide) rings is 1. The maximum absolute atomic E-state index is 13.0. The lowest BCUT2D eigenvalue weighted by Gasteiger charge is -2.47. The SMILES string of the molecule is CC(=O)CNCC(=O)N[C@H](C)[C@H]1C(=O)N2C(C(=O)O)=C(S[C@@H]3CN[C@H](C(=O)N(C)C)C3)[C@H](C)[C@@H]12. The third-order valence-electron chi connectivity index (χ3n) is 6.50. The second kappa shape index (κ2) is 10.4. The number of nitrogens with one attached hydrogen (secondary N) is 3. The zero-order chi connectivity index (χ0) is 25.3. The summed E-state index contributed by atoms with van der Waals surface area (Å²) in [5.41, 5.74) is 0.00721. The fraction of sp³-hybridized carbons (Fsp3) is 0.682. The van der Waals surface area contributed by atoms with Crippen LogP contribution in [0.2, 0.25) is 0 Å². The molecule has 34 heavy (non-hydrogen) atoms. The third-order valence-corrected chi connectivity index (χ3v) is 8.01. The van der Waals surface area contributed by atoms with E-state index in [1.807, 2.05) is 6.92 Å². The van der Waals surface area contributed by atoms with Crippen LogP contribution < -0.4 is 16.0 Å². The highest BCUT2D eigenvalue weighted by Crippen LogP contribution is 2.51. The number of likely N-dealkylation sites (N-methyl/N-ethyl adjacent to an activating group) is 1. The zero-order valence-electron chi connectivity index (χ0n) is 20.1. The Balaban J connectivity index is 1.67. The van der Waals surface area contributed by atoms with Gasteiger partial charge in [0.15, 0.2) is 0 Å². The molecule has 2 fully saturated rings. The number of fused-ring (bicyclic) bond motifs is 1. The molecule has 0 aromatic rings. The minimum Gasteiger partial charge on any atom is -0.477 e. The van der Waals surface area contributed by atoms with Crippen molar-refractivity contribution in [2.24, 2.45) is 11.8 Å². The van der Waals surface area contributed by atoms with Crippen LogP contribution in [-0.2, 0) is 24.0 Å². The van der Waals surface area contributed by atoms with Gasteiger partial charge in [0.25, 0.3) is 0 Å². The van der Waals surface area contributed by atoms with Crippen LogP contribution in [0.4, 0.5) is 0 Å². The maximum Gasteiger partial charge on any atom is 0.353 e. The van der Waals surface area contributed by atoms with Crippen LogP contribution in [0, 0.1) is 11.8 Å². The quantitative estimate of drug-likeness (QED) is 0.280. The Labute approximate surface area is 203 Å². The summed E-state index contributed by atoms with van der Waals surface area (Å²) in [5.74, 6) is -2.66. The van der Waals surface area contributed by atoms with Crippen molar-refractivity contribution in [2.45, 2.75) is 50.6 Å². The van der Waals surface area contributed by atoms with Crippen molar-refractivity contribution in [3.05, 3.63) is 10.6 Å². The molecule has 3 aliphatic heterocycles. The van der Waals surface area contributed by atoms with E-state index in [-0.39, 0.29) is 65.5 Å². The molecule has 3 aliphatic rings. The Morgan fingerprint density at radius 1 is 1.26 bits per heavy atom. The van der Waals surface area contributed by atoms with E-state index in [4.69, 9.17) is 0 Å². The number of thioether (sulfide) groups is 1. The van der Waals surface area contributed by atoms with Crippen LogP contribution in [0.3, 0.4) is 0 Å². The topological polar surface area (TPSA) is 148 Å². The molecule has 6 atom stereocenters. The monoisotopic (exact) mass is 495 g/mol. The molecular formula is C22H33N5O6S. The number of amides is 3. The molecule has 3 rings (SSSR count). The first-order chi connectivity index (χ1) is 15.9. The van der Waals surface area contributed by atoms with Gasteiger partial charge in [-0.3, -0.25) is 19.2 Å². The Kier molecular flexibility index (Phi) is 8.04. The van der Waals surface area contributed by atoms with E-state index in [0.29, 0.717) is 17.9 Å². The minimum atomic E-state index is -1.15. The number of rotatable bonds is 10. The number of carboxylic acids is 1. The Morgan fingerprint density at radius 2 is 1.94 bits per heavy atom. The molecule has 0 unspecified atom stereocenters. The fourth-order valence-electron chi connectivity index (χ4n) is 4.92. The maximum atomic E-state index is 13.0. The fourth-order valence-corrected chi connectivity index (χ4v) is 6.39. The van der Waals surface area contributed by atoms with Gasteiger partial charge in [-0.2, -0.15) is 0 Å². The standard InChI is InChI=1S/C22H33N5O6S/c1-10(28)7-23-9-15(29)25-12(3)16-17-11(2)19(18(22(32)33)27(17)21(16)31)34-13-6-14(24-8-13)20(30)26(4)5/h11-14,16-17,23-24H,6-9H2,1-5H3,(H,25,29)(H,32,33)/t11-,12-,13+,14+,16-,17+/m1/s1. The Morgan fingerprint density at radius 3 is 2.53 bits per heavy atom. The first-order valence-electron chi connectivity index (χ1n) is 11.3. The lowest BCUT2D eigenvalue weighted by Crippen LogP contribution is -2.66. The summed E-state index contributed by atoms with van der Waals surface area (Å²) in [5, 5.41) is 18.6. The summed E-state index contributed by atoms with van der Waals surface area (Å²) < 4.78 is 0. The molecular weight excluding hydrogens is 462 g/mol. The summed E-state index contributed by atoms with van der Waals surface area (Å²) in [6.45, 7) is 5.67. The van der Waals surface area contributed by atoms with E-state index in [1.54, 1.807) is 21.0 Å². The number of aliphatic carboxylic acids is 1. The van der Waals surface area contributed by atoms with E-state index < -0.39 is 17.9 Å².